The van der Waals surface area contributed by atoms with Crippen LogP contribution in [-0.2, 0) is 11.2 Å². The molecule has 0 bridgehead atoms. The van der Waals surface area contributed by atoms with Crippen LogP contribution in [0.2, 0.25) is 0 Å². The van der Waals surface area contributed by atoms with Crippen molar-refractivity contribution < 1.29 is 4.74 Å². The number of benzene rings is 1. The van der Waals surface area contributed by atoms with E-state index in [1.54, 1.807) is 0 Å². The zero-order valence-corrected chi connectivity index (χ0v) is 14.2. The molecule has 2 rings (SSSR count). The minimum absolute atomic E-state index is 0.314. The van der Waals surface area contributed by atoms with Gasteiger partial charge in [-0.3, -0.25) is 0 Å². The van der Waals surface area contributed by atoms with Gasteiger partial charge in [-0.1, -0.05) is 51.5 Å². The van der Waals surface area contributed by atoms with Gasteiger partial charge in [0.25, 0.3) is 0 Å². The molecule has 1 aliphatic rings. The molecule has 0 saturated carbocycles. The van der Waals surface area contributed by atoms with Gasteiger partial charge in [0.05, 0.1) is 12.2 Å². The number of hydrogen-bond acceptors (Lipinski definition) is 2. The van der Waals surface area contributed by atoms with E-state index in [0.717, 1.165) is 13.0 Å². The van der Waals surface area contributed by atoms with Gasteiger partial charge in [0.2, 0.25) is 0 Å². The summed E-state index contributed by atoms with van der Waals surface area (Å²) in [6.45, 7) is 12.2. The van der Waals surface area contributed by atoms with Crippen molar-refractivity contribution in [1.29, 1.82) is 0 Å². The highest BCUT2D eigenvalue weighted by Crippen LogP contribution is 2.40. The molecule has 1 saturated heterocycles. The molecule has 1 aromatic rings. The van der Waals surface area contributed by atoms with E-state index in [1.807, 2.05) is 0 Å². The van der Waals surface area contributed by atoms with Crippen LogP contribution in [0.15, 0.2) is 24.3 Å². The van der Waals surface area contributed by atoms with E-state index in [-0.39, 0.29) is 0 Å². The Morgan fingerprint density at radius 3 is 2.48 bits per heavy atom. The fourth-order valence-electron chi connectivity index (χ4n) is 3.80. The molecule has 1 heterocycles. The largest absolute Gasteiger partial charge is 0.375 e. The van der Waals surface area contributed by atoms with Gasteiger partial charge in [-0.25, -0.2) is 0 Å². The minimum atomic E-state index is 0.314. The summed E-state index contributed by atoms with van der Waals surface area (Å²) in [6.07, 6.45) is 3.03. The first kappa shape index (κ1) is 16.5. The van der Waals surface area contributed by atoms with Crippen molar-refractivity contribution >= 4 is 0 Å². The highest BCUT2D eigenvalue weighted by atomic mass is 16.5. The van der Waals surface area contributed by atoms with Gasteiger partial charge in [0.15, 0.2) is 0 Å². The molecule has 1 fully saturated rings. The molecule has 0 spiro atoms. The summed E-state index contributed by atoms with van der Waals surface area (Å²) < 4.78 is 6.07. The first-order valence-electron chi connectivity index (χ1n) is 8.56. The molecule has 0 amide bonds. The van der Waals surface area contributed by atoms with Gasteiger partial charge in [0.1, 0.15) is 0 Å². The van der Waals surface area contributed by atoms with Gasteiger partial charge in [-0.15, -0.1) is 0 Å². The number of ether oxygens (including phenoxy) is 1. The zero-order valence-electron chi connectivity index (χ0n) is 14.2. The lowest BCUT2D eigenvalue weighted by molar-refractivity contribution is 0.0475. The molecule has 0 radical (unpaired) electrons. The molecule has 2 heteroatoms. The summed E-state index contributed by atoms with van der Waals surface area (Å²) in [6, 6.07) is 9.51. The third-order valence-corrected chi connectivity index (χ3v) is 4.98. The molecule has 2 nitrogen and oxygen atoms in total. The number of hydrogen-bond donors (Lipinski definition) is 1. The molecule has 1 aliphatic heterocycles. The Morgan fingerprint density at radius 2 is 1.90 bits per heavy atom. The zero-order chi connectivity index (χ0) is 15.4. The van der Waals surface area contributed by atoms with Crippen LogP contribution in [0.1, 0.15) is 58.2 Å². The SMILES string of the molecule is CCCc1cccc(C(NCC)C2C(C)OC(C)C2C)c1. The smallest absolute Gasteiger partial charge is 0.0600 e. The topological polar surface area (TPSA) is 21.3 Å². The molecule has 118 valence electrons. The van der Waals surface area contributed by atoms with E-state index in [1.165, 1.54) is 17.5 Å². The Hall–Kier alpha value is -0.860. The summed E-state index contributed by atoms with van der Waals surface area (Å²) in [5, 5.41) is 3.71. The summed E-state index contributed by atoms with van der Waals surface area (Å²) in [5.74, 6) is 1.12. The fraction of sp³-hybridized carbons (Fsp3) is 0.684. The maximum absolute atomic E-state index is 6.07. The second kappa shape index (κ2) is 7.42. The molecule has 0 aliphatic carbocycles. The summed E-state index contributed by atoms with van der Waals surface area (Å²) in [7, 11) is 0. The van der Waals surface area contributed by atoms with Crippen molar-refractivity contribution in [3.05, 3.63) is 35.4 Å². The second-order valence-electron chi connectivity index (χ2n) is 6.51. The average molecular weight is 289 g/mol. The van der Waals surface area contributed by atoms with Crippen LogP contribution >= 0.6 is 0 Å². The van der Waals surface area contributed by atoms with Crippen LogP contribution in [0, 0.1) is 11.8 Å². The predicted molar refractivity (Wildman–Crippen MR) is 89.5 cm³/mol. The summed E-state index contributed by atoms with van der Waals surface area (Å²) in [5.41, 5.74) is 2.87. The Balaban J connectivity index is 2.28. The van der Waals surface area contributed by atoms with E-state index in [0.29, 0.717) is 30.1 Å². The molecule has 1 aromatic carbocycles. The highest BCUT2D eigenvalue weighted by molar-refractivity contribution is 5.27. The van der Waals surface area contributed by atoms with Crippen LogP contribution in [0.3, 0.4) is 0 Å². The normalized spacial score (nSPS) is 30.5. The van der Waals surface area contributed by atoms with Gasteiger partial charge in [-0.05, 0) is 43.9 Å². The molecular weight excluding hydrogens is 258 g/mol. The van der Waals surface area contributed by atoms with Gasteiger partial charge < -0.3 is 10.1 Å². The summed E-state index contributed by atoms with van der Waals surface area (Å²) in [4.78, 5) is 0. The standard InChI is InChI=1S/C19H31NO/c1-6-9-16-10-8-11-17(12-16)19(20-7-2)18-13(3)14(4)21-15(18)5/h8,10-15,18-20H,6-7,9H2,1-5H3. The van der Waals surface area contributed by atoms with E-state index in [9.17, 15) is 0 Å². The van der Waals surface area contributed by atoms with Crippen molar-refractivity contribution in [1.82, 2.24) is 5.32 Å². The third-order valence-electron chi connectivity index (χ3n) is 4.98. The highest BCUT2D eigenvalue weighted by Gasteiger charge is 2.41. The van der Waals surface area contributed by atoms with Crippen LogP contribution < -0.4 is 5.32 Å². The van der Waals surface area contributed by atoms with Crippen molar-refractivity contribution in [2.45, 2.75) is 65.7 Å². The van der Waals surface area contributed by atoms with Crippen LogP contribution in [0.25, 0.3) is 0 Å². The van der Waals surface area contributed by atoms with Crippen molar-refractivity contribution in [3.63, 3.8) is 0 Å². The van der Waals surface area contributed by atoms with E-state index in [2.05, 4.69) is 64.2 Å². The lowest BCUT2D eigenvalue weighted by atomic mass is 9.80. The lowest BCUT2D eigenvalue weighted by Crippen LogP contribution is -2.35. The van der Waals surface area contributed by atoms with Gasteiger partial charge in [0, 0.05) is 12.0 Å². The van der Waals surface area contributed by atoms with Crippen molar-refractivity contribution in [2.24, 2.45) is 11.8 Å². The molecular formula is C19H31NO. The van der Waals surface area contributed by atoms with E-state index >= 15 is 0 Å². The van der Waals surface area contributed by atoms with Crippen LogP contribution in [-0.4, -0.2) is 18.8 Å². The Bertz CT molecular complexity index is 445. The van der Waals surface area contributed by atoms with Crippen molar-refractivity contribution in [3.8, 4) is 0 Å². The van der Waals surface area contributed by atoms with E-state index < -0.39 is 0 Å². The molecule has 5 atom stereocenters. The summed E-state index contributed by atoms with van der Waals surface area (Å²) >= 11 is 0. The van der Waals surface area contributed by atoms with Gasteiger partial charge >= 0.3 is 0 Å². The van der Waals surface area contributed by atoms with Crippen LogP contribution in [0.5, 0.6) is 0 Å². The Morgan fingerprint density at radius 1 is 1.14 bits per heavy atom. The number of aryl methyl sites for hydroxylation is 1. The number of nitrogens with one attached hydrogen (secondary N) is 1. The predicted octanol–water partition coefficient (Wildman–Crippen LogP) is 4.35. The molecule has 5 unspecified atom stereocenters. The van der Waals surface area contributed by atoms with E-state index in [4.69, 9.17) is 4.74 Å². The minimum Gasteiger partial charge on any atom is -0.375 e. The monoisotopic (exact) mass is 289 g/mol. The number of rotatable bonds is 6. The van der Waals surface area contributed by atoms with Gasteiger partial charge in [-0.2, -0.15) is 0 Å². The van der Waals surface area contributed by atoms with Crippen molar-refractivity contribution in [2.75, 3.05) is 6.54 Å². The fourth-order valence-corrected chi connectivity index (χ4v) is 3.80. The third kappa shape index (κ3) is 3.67. The molecule has 1 N–H and O–H groups in total. The quantitative estimate of drug-likeness (QED) is 0.840. The lowest BCUT2D eigenvalue weighted by Gasteiger charge is -2.30. The Kier molecular flexibility index (Phi) is 5.83. The second-order valence-corrected chi connectivity index (χ2v) is 6.51. The Labute approximate surface area is 130 Å². The first-order valence-corrected chi connectivity index (χ1v) is 8.56. The average Bonchev–Trinajstić information content (AvgIpc) is 2.71. The molecule has 21 heavy (non-hydrogen) atoms. The molecule has 0 aromatic heterocycles. The van der Waals surface area contributed by atoms with Crippen LogP contribution in [0.4, 0.5) is 0 Å². The maximum Gasteiger partial charge on any atom is 0.0600 e. The maximum atomic E-state index is 6.07. The first-order chi connectivity index (χ1) is 10.1.